The second kappa shape index (κ2) is 5.87. The summed E-state index contributed by atoms with van der Waals surface area (Å²) >= 11 is 0. The van der Waals surface area contributed by atoms with Crippen molar-refractivity contribution in [3.63, 3.8) is 0 Å². The zero-order chi connectivity index (χ0) is 13.2. The molecule has 0 saturated carbocycles. The Labute approximate surface area is 111 Å². The maximum atomic E-state index is 5.68. The summed E-state index contributed by atoms with van der Waals surface area (Å²) in [5.41, 5.74) is 0. The van der Waals surface area contributed by atoms with Crippen LogP contribution in [0.2, 0.25) is 0 Å². The molecule has 106 valence electrons. The average Bonchev–Trinajstić information content (AvgIpc) is 2.33. The van der Waals surface area contributed by atoms with Gasteiger partial charge in [0, 0.05) is 12.1 Å². The van der Waals surface area contributed by atoms with E-state index in [9.17, 15) is 0 Å². The Morgan fingerprint density at radius 3 is 2.11 bits per heavy atom. The van der Waals surface area contributed by atoms with Crippen molar-refractivity contribution in [2.75, 3.05) is 26.3 Å². The molecule has 2 fully saturated rings. The standard InChI is InChI=1S/C14H28N2O2/c1-11(2)16-7-5-12(6-8-16)15-13-9-17-14(3,4)18-10-13/h11-13,15H,5-10H2,1-4H3. The molecular weight excluding hydrogens is 228 g/mol. The maximum Gasteiger partial charge on any atom is 0.162 e. The molecule has 4 heteroatoms. The van der Waals surface area contributed by atoms with Gasteiger partial charge in [0.25, 0.3) is 0 Å². The SMILES string of the molecule is CC(C)N1CCC(NC2COC(C)(C)OC2)CC1. The molecule has 4 nitrogen and oxygen atoms in total. The van der Waals surface area contributed by atoms with Crippen LogP contribution in [0.3, 0.4) is 0 Å². The van der Waals surface area contributed by atoms with E-state index in [1.54, 1.807) is 0 Å². The smallest absolute Gasteiger partial charge is 0.162 e. The largest absolute Gasteiger partial charge is 0.349 e. The van der Waals surface area contributed by atoms with Crippen molar-refractivity contribution in [3.8, 4) is 0 Å². The number of nitrogens with one attached hydrogen (secondary N) is 1. The first-order valence-electron chi connectivity index (χ1n) is 7.24. The minimum Gasteiger partial charge on any atom is -0.349 e. The van der Waals surface area contributed by atoms with E-state index in [0.29, 0.717) is 18.1 Å². The highest BCUT2D eigenvalue weighted by molar-refractivity contribution is 4.83. The van der Waals surface area contributed by atoms with E-state index in [1.165, 1.54) is 25.9 Å². The zero-order valence-corrected chi connectivity index (χ0v) is 12.2. The summed E-state index contributed by atoms with van der Waals surface area (Å²) in [5.74, 6) is -0.404. The van der Waals surface area contributed by atoms with Crippen LogP contribution in [0.15, 0.2) is 0 Å². The van der Waals surface area contributed by atoms with Gasteiger partial charge in [0.15, 0.2) is 5.79 Å². The summed E-state index contributed by atoms with van der Waals surface area (Å²) < 4.78 is 11.4. The van der Waals surface area contributed by atoms with Gasteiger partial charge in [0.1, 0.15) is 0 Å². The number of ether oxygens (including phenoxy) is 2. The molecule has 0 aromatic carbocycles. The fourth-order valence-electron chi connectivity index (χ4n) is 2.70. The minimum atomic E-state index is -0.404. The van der Waals surface area contributed by atoms with Gasteiger partial charge in [-0.15, -0.1) is 0 Å². The van der Waals surface area contributed by atoms with Crippen molar-refractivity contribution < 1.29 is 9.47 Å². The summed E-state index contributed by atoms with van der Waals surface area (Å²) in [6.07, 6.45) is 2.47. The second-order valence-corrected chi connectivity index (χ2v) is 6.29. The Balaban J connectivity index is 1.69. The van der Waals surface area contributed by atoms with Crippen LogP contribution in [-0.2, 0) is 9.47 Å². The Kier molecular flexibility index (Phi) is 4.64. The Bertz CT molecular complexity index is 251. The van der Waals surface area contributed by atoms with Crippen molar-refractivity contribution in [1.82, 2.24) is 10.2 Å². The number of likely N-dealkylation sites (tertiary alicyclic amines) is 1. The maximum absolute atomic E-state index is 5.68. The first-order valence-corrected chi connectivity index (χ1v) is 7.24. The van der Waals surface area contributed by atoms with E-state index in [4.69, 9.17) is 9.47 Å². The summed E-state index contributed by atoms with van der Waals surface area (Å²) in [6, 6.07) is 1.65. The van der Waals surface area contributed by atoms with E-state index in [2.05, 4.69) is 24.1 Å². The van der Waals surface area contributed by atoms with Gasteiger partial charge in [-0.25, -0.2) is 0 Å². The molecule has 0 amide bonds. The summed E-state index contributed by atoms with van der Waals surface area (Å²) in [5, 5.41) is 3.68. The third-order valence-electron chi connectivity index (χ3n) is 4.00. The third-order valence-corrected chi connectivity index (χ3v) is 4.00. The lowest BCUT2D eigenvalue weighted by Gasteiger charge is -2.39. The molecule has 2 rings (SSSR count). The van der Waals surface area contributed by atoms with Crippen LogP contribution in [0, 0.1) is 0 Å². The Morgan fingerprint density at radius 1 is 1.06 bits per heavy atom. The highest BCUT2D eigenvalue weighted by atomic mass is 16.7. The Morgan fingerprint density at radius 2 is 1.61 bits per heavy atom. The summed E-state index contributed by atoms with van der Waals surface area (Å²) in [6.45, 7) is 12.4. The van der Waals surface area contributed by atoms with Crippen LogP contribution < -0.4 is 5.32 Å². The van der Waals surface area contributed by atoms with Gasteiger partial charge in [-0.05, 0) is 53.6 Å². The quantitative estimate of drug-likeness (QED) is 0.831. The minimum absolute atomic E-state index is 0.355. The van der Waals surface area contributed by atoms with E-state index in [0.717, 1.165) is 13.2 Å². The molecule has 0 aliphatic carbocycles. The summed E-state index contributed by atoms with van der Waals surface area (Å²) in [4.78, 5) is 2.55. The van der Waals surface area contributed by atoms with E-state index in [1.807, 2.05) is 13.8 Å². The van der Waals surface area contributed by atoms with Crippen LogP contribution in [-0.4, -0.2) is 55.1 Å². The van der Waals surface area contributed by atoms with Crippen molar-refractivity contribution in [2.24, 2.45) is 0 Å². The topological polar surface area (TPSA) is 33.7 Å². The van der Waals surface area contributed by atoms with Gasteiger partial charge in [0.2, 0.25) is 0 Å². The normalized spacial score (nSPS) is 27.8. The lowest BCUT2D eigenvalue weighted by Crippen LogP contribution is -2.54. The molecule has 18 heavy (non-hydrogen) atoms. The highest BCUT2D eigenvalue weighted by Crippen LogP contribution is 2.19. The van der Waals surface area contributed by atoms with Crippen LogP contribution >= 0.6 is 0 Å². The van der Waals surface area contributed by atoms with E-state index in [-0.39, 0.29) is 0 Å². The molecule has 0 atom stereocenters. The van der Waals surface area contributed by atoms with Gasteiger partial charge in [0.05, 0.1) is 19.3 Å². The number of hydrogen-bond donors (Lipinski definition) is 1. The van der Waals surface area contributed by atoms with Gasteiger partial charge < -0.3 is 19.7 Å². The molecule has 0 unspecified atom stereocenters. The van der Waals surface area contributed by atoms with Crippen LogP contribution in [0.4, 0.5) is 0 Å². The second-order valence-electron chi connectivity index (χ2n) is 6.29. The van der Waals surface area contributed by atoms with Crippen molar-refractivity contribution in [1.29, 1.82) is 0 Å². The van der Waals surface area contributed by atoms with Crippen LogP contribution in [0.1, 0.15) is 40.5 Å². The molecule has 0 spiro atoms. The van der Waals surface area contributed by atoms with E-state index >= 15 is 0 Å². The zero-order valence-electron chi connectivity index (χ0n) is 12.2. The molecule has 2 heterocycles. The number of rotatable bonds is 3. The van der Waals surface area contributed by atoms with Gasteiger partial charge in [-0.1, -0.05) is 0 Å². The third kappa shape index (κ3) is 3.92. The van der Waals surface area contributed by atoms with Crippen molar-refractivity contribution in [2.45, 2.75) is 64.4 Å². The lowest BCUT2D eigenvalue weighted by atomic mass is 10.0. The molecule has 0 bridgehead atoms. The molecule has 0 aromatic rings. The van der Waals surface area contributed by atoms with Crippen molar-refractivity contribution in [3.05, 3.63) is 0 Å². The molecule has 0 radical (unpaired) electrons. The average molecular weight is 256 g/mol. The molecule has 2 aliphatic heterocycles. The number of hydrogen-bond acceptors (Lipinski definition) is 4. The number of nitrogens with zero attached hydrogens (tertiary/aromatic N) is 1. The first kappa shape index (κ1) is 14.3. The molecule has 2 saturated heterocycles. The molecule has 0 aromatic heterocycles. The van der Waals surface area contributed by atoms with Crippen molar-refractivity contribution >= 4 is 0 Å². The summed E-state index contributed by atoms with van der Waals surface area (Å²) in [7, 11) is 0. The van der Waals surface area contributed by atoms with Gasteiger partial charge in [-0.3, -0.25) is 0 Å². The van der Waals surface area contributed by atoms with E-state index < -0.39 is 5.79 Å². The first-order chi connectivity index (χ1) is 8.46. The highest BCUT2D eigenvalue weighted by Gasteiger charge is 2.30. The van der Waals surface area contributed by atoms with Gasteiger partial charge in [-0.2, -0.15) is 0 Å². The Hall–Kier alpha value is -0.160. The van der Waals surface area contributed by atoms with Crippen LogP contribution in [0.25, 0.3) is 0 Å². The molecular formula is C14H28N2O2. The van der Waals surface area contributed by atoms with Gasteiger partial charge >= 0.3 is 0 Å². The number of piperidine rings is 1. The fraction of sp³-hybridized carbons (Fsp3) is 1.00. The molecule has 2 aliphatic rings. The lowest BCUT2D eigenvalue weighted by molar-refractivity contribution is -0.253. The predicted molar refractivity (Wildman–Crippen MR) is 72.6 cm³/mol. The predicted octanol–water partition coefficient (Wildman–Crippen LogP) is 1.60. The fourth-order valence-corrected chi connectivity index (χ4v) is 2.70. The molecule has 1 N–H and O–H groups in total. The van der Waals surface area contributed by atoms with Crippen LogP contribution in [0.5, 0.6) is 0 Å². The monoisotopic (exact) mass is 256 g/mol.